The van der Waals surface area contributed by atoms with E-state index in [1.165, 1.54) is 4.90 Å². The van der Waals surface area contributed by atoms with E-state index >= 15 is 0 Å². The Morgan fingerprint density at radius 2 is 1.75 bits per heavy atom. The standard InChI is InChI=1S/C12H23NO3/c1-10(2,3)13(9(14)15)8-7-12(6,16)11(8,4)5/h8,16H,7H2,1-6H3,(H,14,15). The summed E-state index contributed by atoms with van der Waals surface area (Å²) in [7, 11) is 0. The molecular formula is C12H23NO3. The highest BCUT2D eigenvalue weighted by molar-refractivity contribution is 5.67. The van der Waals surface area contributed by atoms with Gasteiger partial charge in [0.1, 0.15) is 0 Å². The summed E-state index contributed by atoms with van der Waals surface area (Å²) in [5, 5.41) is 19.4. The van der Waals surface area contributed by atoms with Crippen LogP contribution in [-0.4, -0.2) is 38.4 Å². The molecule has 2 unspecified atom stereocenters. The molecule has 16 heavy (non-hydrogen) atoms. The van der Waals surface area contributed by atoms with Gasteiger partial charge in [-0.2, -0.15) is 0 Å². The van der Waals surface area contributed by atoms with Gasteiger partial charge in [0.15, 0.2) is 0 Å². The fourth-order valence-electron chi connectivity index (χ4n) is 2.42. The Kier molecular flexibility index (Phi) is 2.79. The molecule has 0 aromatic rings. The maximum atomic E-state index is 11.3. The predicted molar refractivity (Wildman–Crippen MR) is 62.4 cm³/mol. The van der Waals surface area contributed by atoms with Crippen molar-refractivity contribution in [1.29, 1.82) is 0 Å². The van der Waals surface area contributed by atoms with Gasteiger partial charge < -0.3 is 10.2 Å². The van der Waals surface area contributed by atoms with Crippen LogP contribution in [0.3, 0.4) is 0 Å². The number of amides is 1. The van der Waals surface area contributed by atoms with Crippen LogP contribution >= 0.6 is 0 Å². The van der Waals surface area contributed by atoms with Crippen LogP contribution in [-0.2, 0) is 0 Å². The Balaban J connectivity index is 2.98. The number of aliphatic hydroxyl groups is 1. The summed E-state index contributed by atoms with van der Waals surface area (Å²) >= 11 is 0. The third kappa shape index (κ3) is 1.79. The topological polar surface area (TPSA) is 60.8 Å². The molecule has 1 saturated carbocycles. The first-order valence-corrected chi connectivity index (χ1v) is 5.66. The van der Waals surface area contributed by atoms with Crippen molar-refractivity contribution in [2.75, 3.05) is 0 Å². The van der Waals surface area contributed by atoms with Crippen LogP contribution in [0.15, 0.2) is 0 Å². The molecule has 2 N–H and O–H groups in total. The average molecular weight is 229 g/mol. The first-order valence-electron chi connectivity index (χ1n) is 5.66. The van der Waals surface area contributed by atoms with Crippen molar-refractivity contribution in [3.05, 3.63) is 0 Å². The third-order valence-corrected chi connectivity index (χ3v) is 4.05. The van der Waals surface area contributed by atoms with Gasteiger partial charge in [0.25, 0.3) is 0 Å². The number of carbonyl (C=O) groups is 1. The van der Waals surface area contributed by atoms with Gasteiger partial charge in [-0.25, -0.2) is 4.79 Å². The smallest absolute Gasteiger partial charge is 0.408 e. The van der Waals surface area contributed by atoms with E-state index in [2.05, 4.69) is 0 Å². The minimum Gasteiger partial charge on any atom is -0.465 e. The lowest BCUT2D eigenvalue weighted by molar-refractivity contribution is -0.196. The lowest BCUT2D eigenvalue weighted by Gasteiger charge is -2.61. The van der Waals surface area contributed by atoms with E-state index < -0.39 is 22.6 Å². The van der Waals surface area contributed by atoms with Crippen molar-refractivity contribution in [1.82, 2.24) is 4.90 Å². The maximum absolute atomic E-state index is 11.3. The highest BCUT2D eigenvalue weighted by atomic mass is 16.4. The summed E-state index contributed by atoms with van der Waals surface area (Å²) < 4.78 is 0. The van der Waals surface area contributed by atoms with Crippen molar-refractivity contribution in [2.45, 2.75) is 65.1 Å². The Morgan fingerprint density at radius 3 is 1.94 bits per heavy atom. The van der Waals surface area contributed by atoms with Crippen molar-refractivity contribution >= 4 is 6.09 Å². The minimum absolute atomic E-state index is 0.125. The molecular weight excluding hydrogens is 206 g/mol. The number of hydrogen-bond acceptors (Lipinski definition) is 2. The molecule has 0 aromatic heterocycles. The predicted octanol–water partition coefficient (Wildman–Crippen LogP) is 2.31. The van der Waals surface area contributed by atoms with Crippen LogP contribution in [0.2, 0.25) is 0 Å². The molecule has 0 aliphatic heterocycles. The SMILES string of the molecule is CC(C)(C)N(C(=O)O)C1CC(C)(O)C1(C)C. The lowest BCUT2D eigenvalue weighted by atomic mass is 9.55. The average Bonchev–Trinajstić information content (AvgIpc) is 1.99. The van der Waals surface area contributed by atoms with E-state index in [1.807, 2.05) is 34.6 Å². The number of nitrogens with zero attached hydrogens (tertiary/aromatic N) is 1. The molecule has 1 rings (SSSR count). The van der Waals surface area contributed by atoms with Gasteiger partial charge in [-0.05, 0) is 34.1 Å². The van der Waals surface area contributed by atoms with Crippen molar-refractivity contribution in [2.24, 2.45) is 5.41 Å². The molecule has 0 spiro atoms. The second-order valence-corrected chi connectivity index (χ2v) is 6.54. The van der Waals surface area contributed by atoms with Crippen LogP contribution in [0.5, 0.6) is 0 Å². The first-order chi connectivity index (χ1) is 6.91. The normalized spacial score (nSPS) is 33.1. The zero-order valence-electron chi connectivity index (χ0n) is 11.0. The van der Waals surface area contributed by atoms with Gasteiger partial charge >= 0.3 is 6.09 Å². The van der Waals surface area contributed by atoms with E-state index in [9.17, 15) is 15.0 Å². The molecule has 1 aliphatic carbocycles. The Hall–Kier alpha value is -0.770. The van der Waals surface area contributed by atoms with Gasteiger partial charge in [0.05, 0.1) is 5.60 Å². The van der Waals surface area contributed by atoms with E-state index in [0.717, 1.165) is 0 Å². The van der Waals surface area contributed by atoms with E-state index in [1.54, 1.807) is 6.92 Å². The van der Waals surface area contributed by atoms with Gasteiger partial charge in [-0.1, -0.05) is 13.8 Å². The van der Waals surface area contributed by atoms with Crippen molar-refractivity contribution < 1.29 is 15.0 Å². The highest BCUT2D eigenvalue weighted by Gasteiger charge is 2.60. The molecule has 94 valence electrons. The van der Waals surface area contributed by atoms with Crippen LogP contribution < -0.4 is 0 Å². The van der Waals surface area contributed by atoms with Crippen molar-refractivity contribution in [3.8, 4) is 0 Å². The molecule has 1 amide bonds. The fourth-order valence-corrected chi connectivity index (χ4v) is 2.42. The molecule has 4 heteroatoms. The van der Waals surface area contributed by atoms with E-state index in [0.29, 0.717) is 6.42 Å². The molecule has 0 bridgehead atoms. The second-order valence-electron chi connectivity index (χ2n) is 6.54. The van der Waals surface area contributed by atoms with Crippen LogP contribution in [0, 0.1) is 5.41 Å². The van der Waals surface area contributed by atoms with Gasteiger partial charge in [0.2, 0.25) is 0 Å². The molecule has 2 atom stereocenters. The molecule has 4 nitrogen and oxygen atoms in total. The van der Waals surface area contributed by atoms with Gasteiger partial charge in [-0.15, -0.1) is 0 Å². The zero-order valence-corrected chi connectivity index (χ0v) is 11.0. The summed E-state index contributed by atoms with van der Waals surface area (Å²) in [5.74, 6) is 0. The second kappa shape index (κ2) is 3.36. The number of rotatable bonds is 1. The molecule has 0 heterocycles. The third-order valence-electron chi connectivity index (χ3n) is 4.05. The van der Waals surface area contributed by atoms with E-state index in [4.69, 9.17) is 0 Å². The highest BCUT2D eigenvalue weighted by Crippen LogP contribution is 2.53. The van der Waals surface area contributed by atoms with Crippen LogP contribution in [0.1, 0.15) is 48.0 Å². The maximum Gasteiger partial charge on any atom is 0.408 e. The van der Waals surface area contributed by atoms with Crippen LogP contribution in [0.4, 0.5) is 4.79 Å². The Morgan fingerprint density at radius 1 is 1.31 bits per heavy atom. The first kappa shape index (κ1) is 13.3. The van der Waals surface area contributed by atoms with Crippen LogP contribution in [0.25, 0.3) is 0 Å². The summed E-state index contributed by atoms with van der Waals surface area (Å²) in [5.41, 5.74) is -1.63. The Labute approximate surface area is 97.3 Å². The molecule has 1 aliphatic rings. The minimum atomic E-state index is -0.916. The van der Waals surface area contributed by atoms with Gasteiger partial charge in [-0.3, -0.25) is 4.90 Å². The number of carboxylic acid groups (broad SMARTS) is 1. The molecule has 0 saturated heterocycles. The quantitative estimate of drug-likeness (QED) is 0.725. The summed E-state index contributed by atoms with van der Waals surface area (Å²) in [6, 6.07) is -0.125. The molecule has 0 radical (unpaired) electrons. The summed E-state index contributed by atoms with van der Waals surface area (Å²) in [6.07, 6.45) is -0.412. The summed E-state index contributed by atoms with van der Waals surface area (Å²) in [6.45, 7) is 11.2. The van der Waals surface area contributed by atoms with Gasteiger partial charge in [0, 0.05) is 17.0 Å². The molecule has 0 aromatic carbocycles. The molecule has 1 fully saturated rings. The number of hydrogen-bond donors (Lipinski definition) is 2. The van der Waals surface area contributed by atoms with E-state index in [-0.39, 0.29) is 6.04 Å². The monoisotopic (exact) mass is 229 g/mol. The summed E-state index contributed by atoms with van der Waals surface area (Å²) in [4.78, 5) is 12.8. The van der Waals surface area contributed by atoms with Crippen molar-refractivity contribution in [3.63, 3.8) is 0 Å². The zero-order chi connectivity index (χ0) is 12.9. The Bertz CT molecular complexity index is 302. The lowest BCUT2D eigenvalue weighted by Crippen LogP contribution is -2.71. The largest absolute Gasteiger partial charge is 0.465 e. The fraction of sp³-hybridized carbons (Fsp3) is 0.917.